The van der Waals surface area contributed by atoms with Crippen LogP contribution < -0.4 is 0 Å². The lowest BCUT2D eigenvalue weighted by Gasteiger charge is -2.18. The molecule has 0 saturated heterocycles. The Labute approximate surface area is 85.1 Å². The molecule has 0 aromatic heterocycles. The van der Waals surface area contributed by atoms with Crippen molar-refractivity contribution >= 4 is 22.6 Å². The molecule has 0 aliphatic rings. The molecular weight excluding hydrogens is 280 g/mol. The van der Waals surface area contributed by atoms with Crippen molar-refractivity contribution in [2.45, 2.75) is 38.8 Å². The molecule has 1 unspecified atom stereocenters. The first-order chi connectivity index (χ1) is 5.52. The summed E-state index contributed by atoms with van der Waals surface area (Å²) in [6.07, 6.45) is -1.90. The average molecular weight is 294 g/mol. The van der Waals surface area contributed by atoms with Crippen LogP contribution in [0.5, 0.6) is 0 Å². The van der Waals surface area contributed by atoms with Crippen LogP contribution >= 0.6 is 22.6 Å². The molecule has 4 heteroatoms. The average Bonchev–Trinajstić information content (AvgIpc) is 1.95. The lowest BCUT2D eigenvalue weighted by Crippen LogP contribution is -2.23. The van der Waals surface area contributed by atoms with Gasteiger partial charge in [-0.15, -0.1) is 0 Å². The molecule has 0 fully saturated rings. The van der Waals surface area contributed by atoms with Gasteiger partial charge in [-0.1, -0.05) is 42.4 Å². The third kappa shape index (κ3) is 5.22. The molecule has 0 spiro atoms. The monoisotopic (exact) mass is 294 g/mol. The van der Waals surface area contributed by atoms with Crippen molar-refractivity contribution < 1.29 is 13.2 Å². The van der Waals surface area contributed by atoms with Crippen LogP contribution in [0.4, 0.5) is 13.2 Å². The molecule has 0 aromatic carbocycles. The van der Waals surface area contributed by atoms with Gasteiger partial charge in [0, 0.05) is 4.43 Å². The molecule has 0 aliphatic carbocycles. The van der Waals surface area contributed by atoms with E-state index in [9.17, 15) is 13.2 Å². The van der Waals surface area contributed by atoms with Gasteiger partial charge in [0.2, 0.25) is 0 Å². The van der Waals surface area contributed by atoms with Gasteiger partial charge >= 0.3 is 6.18 Å². The Morgan fingerprint density at radius 2 is 1.83 bits per heavy atom. The summed E-state index contributed by atoms with van der Waals surface area (Å²) in [6.45, 7) is 1.91. The van der Waals surface area contributed by atoms with Crippen molar-refractivity contribution in [3.63, 3.8) is 0 Å². The molecule has 0 nitrogen and oxygen atoms in total. The molecule has 74 valence electrons. The van der Waals surface area contributed by atoms with Crippen LogP contribution in [-0.4, -0.2) is 10.6 Å². The van der Waals surface area contributed by atoms with E-state index in [0.29, 0.717) is 17.3 Å². The van der Waals surface area contributed by atoms with E-state index < -0.39 is 12.1 Å². The topological polar surface area (TPSA) is 0 Å². The van der Waals surface area contributed by atoms with Crippen molar-refractivity contribution in [1.82, 2.24) is 0 Å². The predicted octanol–water partition coefficient (Wildman–Crippen LogP) is 4.18. The zero-order chi connectivity index (χ0) is 9.61. The second-order valence-electron chi connectivity index (χ2n) is 2.86. The van der Waals surface area contributed by atoms with Crippen LogP contribution in [0.15, 0.2) is 0 Å². The van der Waals surface area contributed by atoms with Crippen LogP contribution in [0.3, 0.4) is 0 Å². The summed E-state index contributed by atoms with van der Waals surface area (Å²) in [5.74, 6) is -1.07. The van der Waals surface area contributed by atoms with Crippen LogP contribution in [0, 0.1) is 5.92 Å². The highest BCUT2D eigenvalue weighted by Crippen LogP contribution is 2.33. The zero-order valence-electron chi connectivity index (χ0n) is 7.12. The number of hydrogen-bond acceptors (Lipinski definition) is 0. The SMILES string of the molecule is CCCCC(CCI)C(F)(F)F. The highest BCUT2D eigenvalue weighted by atomic mass is 127. The van der Waals surface area contributed by atoms with Gasteiger partial charge < -0.3 is 0 Å². The quantitative estimate of drug-likeness (QED) is 0.527. The minimum atomic E-state index is -3.99. The molecule has 0 heterocycles. The maximum atomic E-state index is 12.2. The van der Waals surface area contributed by atoms with E-state index in [-0.39, 0.29) is 6.42 Å². The first-order valence-corrected chi connectivity index (χ1v) is 5.67. The minimum Gasteiger partial charge on any atom is -0.171 e. The third-order valence-electron chi connectivity index (χ3n) is 1.83. The number of halogens is 4. The van der Waals surface area contributed by atoms with E-state index >= 15 is 0 Å². The Morgan fingerprint density at radius 1 is 1.25 bits per heavy atom. The summed E-state index contributed by atoms with van der Waals surface area (Å²) in [7, 11) is 0. The van der Waals surface area contributed by atoms with Gasteiger partial charge in [-0.05, 0) is 12.8 Å². The molecular formula is C8H14F3I. The summed E-state index contributed by atoms with van der Waals surface area (Å²) in [6, 6.07) is 0. The molecule has 0 amide bonds. The number of rotatable bonds is 5. The zero-order valence-corrected chi connectivity index (χ0v) is 9.28. The maximum absolute atomic E-state index is 12.2. The fraction of sp³-hybridized carbons (Fsp3) is 1.00. The van der Waals surface area contributed by atoms with E-state index in [1.54, 1.807) is 0 Å². The van der Waals surface area contributed by atoms with Crippen LogP contribution in [-0.2, 0) is 0 Å². The van der Waals surface area contributed by atoms with Crippen LogP contribution in [0.2, 0.25) is 0 Å². The first kappa shape index (κ1) is 12.5. The molecule has 0 N–H and O–H groups in total. The Balaban J connectivity index is 3.86. The van der Waals surface area contributed by atoms with E-state index in [1.165, 1.54) is 0 Å². The first-order valence-electron chi connectivity index (χ1n) is 4.15. The number of alkyl halides is 4. The molecule has 0 aliphatic heterocycles. The highest BCUT2D eigenvalue weighted by Gasteiger charge is 2.37. The maximum Gasteiger partial charge on any atom is 0.391 e. The Morgan fingerprint density at radius 3 is 2.17 bits per heavy atom. The second-order valence-corrected chi connectivity index (χ2v) is 3.94. The lowest BCUT2D eigenvalue weighted by molar-refractivity contribution is -0.176. The smallest absolute Gasteiger partial charge is 0.171 e. The van der Waals surface area contributed by atoms with Gasteiger partial charge in [-0.3, -0.25) is 0 Å². The summed E-state index contributed by atoms with van der Waals surface area (Å²) >= 11 is 1.99. The fourth-order valence-corrected chi connectivity index (χ4v) is 1.81. The van der Waals surface area contributed by atoms with E-state index in [2.05, 4.69) is 0 Å². The molecule has 12 heavy (non-hydrogen) atoms. The minimum absolute atomic E-state index is 0.268. The Hall–Kier alpha value is 0.520. The van der Waals surface area contributed by atoms with Gasteiger partial charge in [0.05, 0.1) is 5.92 Å². The summed E-state index contributed by atoms with van der Waals surface area (Å²) in [4.78, 5) is 0. The largest absolute Gasteiger partial charge is 0.391 e. The van der Waals surface area contributed by atoms with E-state index in [0.717, 1.165) is 6.42 Å². The van der Waals surface area contributed by atoms with Gasteiger partial charge in [-0.25, -0.2) is 0 Å². The van der Waals surface area contributed by atoms with Crippen molar-refractivity contribution in [3.05, 3.63) is 0 Å². The van der Waals surface area contributed by atoms with Crippen LogP contribution in [0.1, 0.15) is 32.6 Å². The predicted molar refractivity (Wildman–Crippen MR) is 52.6 cm³/mol. The van der Waals surface area contributed by atoms with Crippen LogP contribution in [0.25, 0.3) is 0 Å². The normalized spacial score (nSPS) is 14.8. The number of unbranched alkanes of at least 4 members (excludes halogenated alkanes) is 1. The van der Waals surface area contributed by atoms with Gasteiger partial charge in [0.25, 0.3) is 0 Å². The Kier molecular flexibility index (Phi) is 6.31. The van der Waals surface area contributed by atoms with Crippen molar-refractivity contribution in [3.8, 4) is 0 Å². The summed E-state index contributed by atoms with van der Waals surface area (Å²) < 4.78 is 37.3. The molecule has 0 rings (SSSR count). The van der Waals surface area contributed by atoms with Crippen molar-refractivity contribution in [2.75, 3.05) is 4.43 Å². The van der Waals surface area contributed by atoms with Crippen molar-refractivity contribution in [2.24, 2.45) is 5.92 Å². The molecule has 0 saturated carbocycles. The van der Waals surface area contributed by atoms with Crippen molar-refractivity contribution in [1.29, 1.82) is 0 Å². The van der Waals surface area contributed by atoms with Gasteiger partial charge in [0.1, 0.15) is 0 Å². The highest BCUT2D eigenvalue weighted by molar-refractivity contribution is 14.1. The molecule has 0 radical (unpaired) electrons. The van der Waals surface area contributed by atoms with Gasteiger partial charge in [-0.2, -0.15) is 13.2 Å². The summed E-state index contributed by atoms with van der Waals surface area (Å²) in [5, 5.41) is 0. The third-order valence-corrected chi connectivity index (χ3v) is 2.45. The van der Waals surface area contributed by atoms with E-state index in [1.807, 2.05) is 29.5 Å². The Bertz CT molecular complexity index is 111. The molecule has 1 atom stereocenters. The fourth-order valence-electron chi connectivity index (χ4n) is 1.05. The number of hydrogen-bond donors (Lipinski definition) is 0. The lowest BCUT2D eigenvalue weighted by atomic mass is 9.99. The summed E-state index contributed by atoms with van der Waals surface area (Å²) in [5.41, 5.74) is 0. The molecule has 0 bridgehead atoms. The van der Waals surface area contributed by atoms with E-state index in [4.69, 9.17) is 0 Å². The van der Waals surface area contributed by atoms with Gasteiger partial charge in [0.15, 0.2) is 0 Å². The standard InChI is InChI=1S/C8H14F3I/c1-2-3-4-7(5-6-12)8(9,10)11/h7H,2-6H2,1H3. The second kappa shape index (κ2) is 6.05. The molecule has 0 aromatic rings.